The Kier molecular flexibility index (Phi) is 2.50. The maximum absolute atomic E-state index is 5.54. The second-order valence-electron chi connectivity index (χ2n) is 3.71. The highest BCUT2D eigenvalue weighted by Gasteiger charge is 2.09. The van der Waals surface area contributed by atoms with Crippen molar-refractivity contribution in [3.63, 3.8) is 0 Å². The van der Waals surface area contributed by atoms with Gasteiger partial charge in [0.15, 0.2) is 0 Å². The van der Waals surface area contributed by atoms with Crippen LogP contribution in [0.15, 0.2) is 24.4 Å². The van der Waals surface area contributed by atoms with Crippen LogP contribution in [0.4, 0.5) is 5.82 Å². The zero-order valence-electron chi connectivity index (χ0n) is 8.40. The molecule has 1 aliphatic rings. The van der Waals surface area contributed by atoms with Gasteiger partial charge in [0.1, 0.15) is 5.82 Å². The Hall–Kier alpha value is -1.35. The molecule has 0 aliphatic carbocycles. The van der Waals surface area contributed by atoms with Gasteiger partial charge in [0, 0.05) is 19.3 Å². The van der Waals surface area contributed by atoms with E-state index >= 15 is 0 Å². The molecule has 2 heterocycles. The molecule has 0 unspecified atom stereocenters. The van der Waals surface area contributed by atoms with E-state index < -0.39 is 0 Å². The molecular formula is C11H15N3. The number of hydrogen-bond donors (Lipinski definition) is 1. The summed E-state index contributed by atoms with van der Waals surface area (Å²) in [7, 11) is 2.13. The van der Waals surface area contributed by atoms with Crippen molar-refractivity contribution >= 4 is 11.4 Å². The lowest BCUT2D eigenvalue weighted by Gasteiger charge is -2.21. The number of nitrogens with two attached hydrogens (primary N) is 1. The van der Waals surface area contributed by atoms with Crippen LogP contribution < -0.4 is 5.73 Å². The van der Waals surface area contributed by atoms with E-state index in [0.717, 1.165) is 19.5 Å². The summed E-state index contributed by atoms with van der Waals surface area (Å²) >= 11 is 0. The van der Waals surface area contributed by atoms with Gasteiger partial charge in [-0.2, -0.15) is 0 Å². The molecule has 0 spiro atoms. The average molecular weight is 189 g/mol. The largest absolute Gasteiger partial charge is 0.384 e. The molecule has 14 heavy (non-hydrogen) atoms. The number of nitrogens with zero attached hydrogens (tertiary/aromatic N) is 2. The van der Waals surface area contributed by atoms with E-state index in [1.165, 1.54) is 11.1 Å². The number of rotatable bonds is 1. The van der Waals surface area contributed by atoms with Crippen molar-refractivity contribution in [3.8, 4) is 0 Å². The van der Waals surface area contributed by atoms with E-state index in [1.54, 1.807) is 0 Å². The highest BCUT2D eigenvalue weighted by molar-refractivity contribution is 5.66. The molecule has 0 saturated carbocycles. The van der Waals surface area contributed by atoms with Crippen molar-refractivity contribution < 1.29 is 0 Å². The van der Waals surface area contributed by atoms with E-state index in [1.807, 2.05) is 18.3 Å². The maximum atomic E-state index is 5.54. The second-order valence-corrected chi connectivity index (χ2v) is 3.71. The molecule has 0 fully saturated rings. The Morgan fingerprint density at radius 2 is 2.29 bits per heavy atom. The van der Waals surface area contributed by atoms with Crippen LogP contribution in [0.1, 0.15) is 12.0 Å². The summed E-state index contributed by atoms with van der Waals surface area (Å²) in [6, 6.07) is 3.90. The fourth-order valence-corrected chi connectivity index (χ4v) is 1.63. The molecule has 1 aromatic rings. The smallest absolute Gasteiger partial charge is 0.123 e. The van der Waals surface area contributed by atoms with Gasteiger partial charge in [-0.3, -0.25) is 0 Å². The van der Waals surface area contributed by atoms with E-state index in [4.69, 9.17) is 5.73 Å². The van der Waals surface area contributed by atoms with Crippen LogP contribution in [-0.2, 0) is 0 Å². The molecule has 2 N–H and O–H groups in total. The molecule has 0 saturated heterocycles. The van der Waals surface area contributed by atoms with Crippen molar-refractivity contribution in [3.05, 3.63) is 30.0 Å². The predicted octanol–water partition coefficient (Wildman–Crippen LogP) is 1.38. The maximum Gasteiger partial charge on any atom is 0.123 e. The van der Waals surface area contributed by atoms with Gasteiger partial charge in [-0.25, -0.2) is 4.98 Å². The first kappa shape index (κ1) is 9.21. The third-order valence-electron chi connectivity index (χ3n) is 2.57. The summed E-state index contributed by atoms with van der Waals surface area (Å²) in [5.74, 6) is 0.585. The summed E-state index contributed by atoms with van der Waals surface area (Å²) in [6.45, 7) is 2.15. The SMILES string of the molecule is CN1CC=C(c2ccc(N)nc2)CC1. The number of likely N-dealkylation sites (N-methyl/N-ethyl adjacent to an activating group) is 1. The van der Waals surface area contributed by atoms with Crippen molar-refractivity contribution in [1.82, 2.24) is 9.88 Å². The molecular weight excluding hydrogens is 174 g/mol. The molecule has 0 atom stereocenters. The lowest BCUT2D eigenvalue weighted by molar-refractivity contribution is 0.370. The highest BCUT2D eigenvalue weighted by atomic mass is 15.1. The Morgan fingerprint density at radius 3 is 2.86 bits per heavy atom. The first-order valence-corrected chi connectivity index (χ1v) is 4.85. The van der Waals surface area contributed by atoms with Crippen molar-refractivity contribution in [2.45, 2.75) is 6.42 Å². The second kappa shape index (κ2) is 3.80. The number of nitrogen functional groups attached to an aromatic ring is 1. The molecule has 3 heteroatoms. The third kappa shape index (κ3) is 1.93. The molecule has 0 radical (unpaired) electrons. The predicted molar refractivity (Wildman–Crippen MR) is 58.7 cm³/mol. The first-order chi connectivity index (χ1) is 6.75. The molecule has 3 nitrogen and oxygen atoms in total. The van der Waals surface area contributed by atoms with E-state index in [0.29, 0.717) is 5.82 Å². The van der Waals surface area contributed by atoms with Crippen molar-refractivity contribution in [2.75, 3.05) is 25.9 Å². The minimum absolute atomic E-state index is 0.585. The summed E-state index contributed by atoms with van der Waals surface area (Å²) in [5.41, 5.74) is 8.13. The third-order valence-corrected chi connectivity index (χ3v) is 2.57. The number of anilines is 1. The lowest BCUT2D eigenvalue weighted by atomic mass is 10.0. The number of pyridine rings is 1. The van der Waals surface area contributed by atoms with Crippen LogP contribution in [0, 0.1) is 0 Å². The van der Waals surface area contributed by atoms with Gasteiger partial charge in [0.2, 0.25) is 0 Å². The van der Waals surface area contributed by atoms with Gasteiger partial charge in [-0.05, 0) is 36.7 Å². The number of hydrogen-bond acceptors (Lipinski definition) is 3. The molecule has 1 aliphatic heterocycles. The lowest BCUT2D eigenvalue weighted by Crippen LogP contribution is -2.23. The molecule has 0 bridgehead atoms. The molecule has 0 aromatic carbocycles. The van der Waals surface area contributed by atoms with Crippen LogP contribution in [0.3, 0.4) is 0 Å². The quantitative estimate of drug-likeness (QED) is 0.725. The van der Waals surface area contributed by atoms with Gasteiger partial charge in [-0.1, -0.05) is 6.08 Å². The molecule has 2 rings (SSSR count). The standard InChI is InChI=1S/C11H15N3/c1-14-6-4-9(5-7-14)10-2-3-11(12)13-8-10/h2-4,8H,5-7H2,1H3,(H2,12,13). The van der Waals surface area contributed by atoms with Crippen LogP contribution in [-0.4, -0.2) is 30.0 Å². The van der Waals surface area contributed by atoms with Gasteiger partial charge in [-0.15, -0.1) is 0 Å². The van der Waals surface area contributed by atoms with Crippen molar-refractivity contribution in [1.29, 1.82) is 0 Å². The van der Waals surface area contributed by atoms with Gasteiger partial charge >= 0.3 is 0 Å². The Labute approximate surface area is 84.2 Å². The van der Waals surface area contributed by atoms with Crippen LogP contribution in [0.2, 0.25) is 0 Å². The highest BCUT2D eigenvalue weighted by Crippen LogP contribution is 2.21. The van der Waals surface area contributed by atoms with Gasteiger partial charge < -0.3 is 10.6 Å². The molecule has 1 aromatic heterocycles. The molecule has 74 valence electrons. The Bertz CT molecular complexity index is 340. The summed E-state index contributed by atoms with van der Waals surface area (Å²) < 4.78 is 0. The summed E-state index contributed by atoms with van der Waals surface area (Å²) in [4.78, 5) is 6.40. The minimum atomic E-state index is 0.585. The van der Waals surface area contributed by atoms with Gasteiger partial charge in [0.25, 0.3) is 0 Å². The topological polar surface area (TPSA) is 42.1 Å². The van der Waals surface area contributed by atoms with E-state index in [2.05, 4.69) is 23.0 Å². The summed E-state index contributed by atoms with van der Waals surface area (Å²) in [6.07, 6.45) is 5.21. The molecule has 0 amide bonds. The van der Waals surface area contributed by atoms with Gasteiger partial charge in [0.05, 0.1) is 0 Å². The van der Waals surface area contributed by atoms with Crippen LogP contribution in [0.25, 0.3) is 5.57 Å². The fourth-order valence-electron chi connectivity index (χ4n) is 1.63. The van der Waals surface area contributed by atoms with E-state index in [-0.39, 0.29) is 0 Å². The Morgan fingerprint density at radius 1 is 1.43 bits per heavy atom. The fraction of sp³-hybridized carbons (Fsp3) is 0.364. The zero-order chi connectivity index (χ0) is 9.97. The summed E-state index contributed by atoms with van der Waals surface area (Å²) in [5, 5.41) is 0. The van der Waals surface area contributed by atoms with Crippen LogP contribution in [0.5, 0.6) is 0 Å². The van der Waals surface area contributed by atoms with E-state index in [9.17, 15) is 0 Å². The number of aromatic nitrogens is 1. The normalized spacial score (nSPS) is 17.9. The minimum Gasteiger partial charge on any atom is -0.384 e. The monoisotopic (exact) mass is 189 g/mol. The van der Waals surface area contributed by atoms with Crippen molar-refractivity contribution in [2.24, 2.45) is 0 Å². The average Bonchev–Trinajstić information content (AvgIpc) is 2.21. The van der Waals surface area contributed by atoms with Crippen LogP contribution >= 0.6 is 0 Å². The Balaban J connectivity index is 2.19. The first-order valence-electron chi connectivity index (χ1n) is 4.85. The zero-order valence-corrected chi connectivity index (χ0v) is 8.40.